The predicted octanol–water partition coefficient (Wildman–Crippen LogP) is 5.11. The minimum atomic E-state index is 0. The number of likely N-dealkylation sites (tertiary alicyclic amines) is 2. The lowest BCUT2D eigenvalue weighted by molar-refractivity contribution is 0.125. The van der Waals surface area contributed by atoms with E-state index < -0.39 is 0 Å². The molecule has 1 aromatic rings. The molecule has 2 aliphatic rings. The molecule has 30 heavy (non-hydrogen) atoms. The minimum Gasteiger partial charge on any atom is -0.497 e. The molecule has 5 nitrogen and oxygen atoms in total. The highest BCUT2D eigenvalue weighted by molar-refractivity contribution is 9.10. The molecular formula is C23H37BrClN3O2. The summed E-state index contributed by atoms with van der Waals surface area (Å²) in [4.78, 5) is 17.0. The molecule has 2 fully saturated rings. The number of piperidine rings is 2. The Morgan fingerprint density at radius 1 is 1.20 bits per heavy atom. The smallest absolute Gasteiger partial charge is 0.317 e. The van der Waals surface area contributed by atoms with Crippen molar-refractivity contribution in [2.75, 3.05) is 39.8 Å². The van der Waals surface area contributed by atoms with Crippen LogP contribution in [0, 0.1) is 5.92 Å². The van der Waals surface area contributed by atoms with Crippen molar-refractivity contribution in [1.82, 2.24) is 15.1 Å². The zero-order valence-electron chi connectivity index (χ0n) is 18.4. The number of rotatable bonds is 7. The quantitative estimate of drug-likeness (QED) is 0.564. The highest BCUT2D eigenvalue weighted by Crippen LogP contribution is 2.29. The molecule has 1 atom stereocenters. The van der Waals surface area contributed by atoms with Gasteiger partial charge in [-0.1, -0.05) is 15.9 Å². The van der Waals surface area contributed by atoms with Crippen LogP contribution >= 0.6 is 28.3 Å². The predicted molar refractivity (Wildman–Crippen MR) is 129 cm³/mol. The Balaban J connectivity index is 0.00000320. The molecule has 0 saturated carbocycles. The molecule has 1 aromatic carbocycles. The molecule has 1 unspecified atom stereocenters. The number of amides is 2. The fourth-order valence-electron chi connectivity index (χ4n) is 4.71. The largest absolute Gasteiger partial charge is 0.497 e. The van der Waals surface area contributed by atoms with Crippen molar-refractivity contribution in [3.8, 4) is 5.75 Å². The van der Waals surface area contributed by atoms with Gasteiger partial charge in [-0.25, -0.2) is 4.79 Å². The first kappa shape index (κ1) is 25.3. The van der Waals surface area contributed by atoms with Gasteiger partial charge >= 0.3 is 6.03 Å². The van der Waals surface area contributed by atoms with E-state index in [1.807, 2.05) is 13.0 Å². The summed E-state index contributed by atoms with van der Waals surface area (Å²) in [7, 11) is 1.73. The van der Waals surface area contributed by atoms with Crippen LogP contribution in [-0.4, -0.2) is 61.7 Å². The van der Waals surface area contributed by atoms with E-state index in [9.17, 15) is 4.79 Å². The Hall–Kier alpha value is -0.980. The molecule has 170 valence electrons. The number of hydrogen-bond donors (Lipinski definition) is 1. The molecule has 2 saturated heterocycles. The van der Waals surface area contributed by atoms with E-state index >= 15 is 0 Å². The van der Waals surface area contributed by atoms with E-state index in [1.165, 1.54) is 42.4 Å². The van der Waals surface area contributed by atoms with Gasteiger partial charge in [-0.2, -0.15) is 0 Å². The van der Waals surface area contributed by atoms with Crippen molar-refractivity contribution in [2.45, 2.75) is 57.9 Å². The number of ether oxygens (including phenoxy) is 1. The maximum absolute atomic E-state index is 12.3. The third-order valence-electron chi connectivity index (χ3n) is 6.46. The molecule has 7 heteroatoms. The van der Waals surface area contributed by atoms with E-state index in [1.54, 1.807) is 7.11 Å². The number of halogens is 2. The van der Waals surface area contributed by atoms with Crippen LogP contribution < -0.4 is 10.1 Å². The molecule has 3 rings (SSSR count). The van der Waals surface area contributed by atoms with Gasteiger partial charge in [0, 0.05) is 30.1 Å². The lowest BCUT2D eigenvalue weighted by Crippen LogP contribution is -2.49. The standard InChI is InChI=1S/C23H36BrN3O2.ClH/c1-3-25-23(28)27-12-5-4-6-20(27)11-15-26-13-9-18(10-14-26)16-19-17-21(29-2)7-8-22(19)24;/h7-8,17-18,20H,3-6,9-16H2,1-2H3,(H,25,28);1H. The van der Waals surface area contributed by atoms with Gasteiger partial charge in [0.25, 0.3) is 0 Å². The number of nitrogens with zero attached hydrogens (tertiary/aromatic N) is 2. The number of hydrogen-bond acceptors (Lipinski definition) is 3. The molecule has 0 spiro atoms. The number of benzene rings is 1. The number of nitrogens with one attached hydrogen (secondary N) is 1. The first-order valence-electron chi connectivity index (χ1n) is 11.2. The zero-order valence-corrected chi connectivity index (χ0v) is 20.8. The van der Waals surface area contributed by atoms with Crippen LogP contribution in [0.1, 0.15) is 51.0 Å². The third-order valence-corrected chi connectivity index (χ3v) is 7.24. The number of methoxy groups -OCH3 is 1. The van der Waals surface area contributed by atoms with E-state index in [-0.39, 0.29) is 18.4 Å². The maximum atomic E-state index is 12.3. The monoisotopic (exact) mass is 501 g/mol. The fourth-order valence-corrected chi connectivity index (χ4v) is 5.12. The molecule has 1 N–H and O–H groups in total. The topological polar surface area (TPSA) is 44.8 Å². The lowest BCUT2D eigenvalue weighted by atomic mass is 9.90. The average Bonchev–Trinajstić information content (AvgIpc) is 2.75. The van der Waals surface area contributed by atoms with Crippen LogP contribution in [-0.2, 0) is 6.42 Å². The highest BCUT2D eigenvalue weighted by atomic mass is 79.9. The maximum Gasteiger partial charge on any atom is 0.317 e. The van der Waals surface area contributed by atoms with Gasteiger partial charge in [-0.05, 0) is 94.6 Å². The Morgan fingerprint density at radius 2 is 1.97 bits per heavy atom. The summed E-state index contributed by atoms with van der Waals surface area (Å²) in [6, 6.07) is 6.79. The van der Waals surface area contributed by atoms with Crippen LogP contribution in [0.15, 0.2) is 22.7 Å². The van der Waals surface area contributed by atoms with Crippen molar-refractivity contribution < 1.29 is 9.53 Å². The Labute approximate surface area is 196 Å². The summed E-state index contributed by atoms with van der Waals surface area (Å²) in [6.45, 7) is 7.05. The first-order valence-corrected chi connectivity index (χ1v) is 12.0. The number of carbonyl (C=O) groups excluding carboxylic acids is 1. The van der Waals surface area contributed by atoms with Gasteiger partial charge in [0.2, 0.25) is 0 Å². The lowest BCUT2D eigenvalue weighted by Gasteiger charge is -2.38. The summed E-state index contributed by atoms with van der Waals surface area (Å²) in [5, 5.41) is 2.99. The minimum absolute atomic E-state index is 0. The zero-order chi connectivity index (χ0) is 20.6. The summed E-state index contributed by atoms with van der Waals surface area (Å²) in [5.74, 6) is 1.67. The molecule has 0 aliphatic carbocycles. The van der Waals surface area contributed by atoms with Gasteiger partial charge in [-0.15, -0.1) is 12.4 Å². The van der Waals surface area contributed by atoms with E-state index in [0.717, 1.165) is 50.4 Å². The van der Waals surface area contributed by atoms with Crippen molar-refractivity contribution in [1.29, 1.82) is 0 Å². The van der Waals surface area contributed by atoms with Crippen LogP contribution in [0.5, 0.6) is 5.75 Å². The van der Waals surface area contributed by atoms with Gasteiger partial charge in [0.05, 0.1) is 7.11 Å². The summed E-state index contributed by atoms with van der Waals surface area (Å²) in [6.07, 6.45) is 8.24. The molecular weight excluding hydrogens is 466 g/mol. The van der Waals surface area contributed by atoms with Gasteiger partial charge < -0.3 is 19.9 Å². The molecule has 0 bridgehead atoms. The molecule has 2 amide bonds. The number of carbonyl (C=O) groups is 1. The third kappa shape index (κ3) is 7.03. The molecule has 0 aromatic heterocycles. The Bertz CT molecular complexity index is 668. The second-order valence-corrected chi connectivity index (χ2v) is 9.27. The van der Waals surface area contributed by atoms with Crippen LogP contribution in [0.2, 0.25) is 0 Å². The highest BCUT2D eigenvalue weighted by Gasteiger charge is 2.27. The van der Waals surface area contributed by atoms with Crippen molar-refractivity contribution in [3.63, 3.8) is 0 Å². The van der Waals surface area contributed by atoms with Crippen LogP contribution in [0.25, 0.3) is 0 Å². The Morgan fingerprint density at radius 3 is 2.67 bits per heavy atom. The van der Waals surface area contributed by atoms with Gasteiger partial charge in [-0.3, -0.25) is 0 Å². The van der Waals surface area contributed by atoms with Crippen LogP contribution in [0.3, 0.4) is 0 Å². The second-order valence-electron chi connectivity index (χ2n) is 8.41. The van der Waals surface area contributed by atoms with Crippen LogP contribution in [0.4, 0.5) is 4.79 Å². The fraction of sp³-hybridized carbons (Fsp3) is 0.696. The van der Waals surface area contributed by atoms with E-state index in [2.05, 4.69) is 43.2 Å². The molecule has 2 heterocycles. The SMILES string of the molecule is CCNC(=O)N1CCCCC1CCN1CCC(Cc2cc(OC)ccc2Br)CC1.Cl. The van der Waals surface area contributed by atoms with Crippen molar-refractivity contribution in [3.05, 3.63) is 28.2 Å². The second kappa shape index (κ2) is 12.8. The molecule has 0 radical (unpaired) electrons. The van der Waals surface area contributed by atoms with Gasteiger partial charge in [0.15, 0.2) is 0 Å². The van der Waals surface area contributed by atoms with Crippen molar-refractivity contribution >= 4 is 34.4 Å². The number of urea groups is 1. The average molecular weight is 503 g/mol. The van der Waals surface area contributed by atoms with E-state index in [0.29, 0.717) is 12.6 Å². The summed E-state index contributed by atoms with van der Waals surface area (Å²) >= 11 is 3.69. The molecule has 2 aliphatic heterocycles. The Kier molecular flexibility index (Phi) is 10.8. The van der Waals surface area contributed by atoms with Crippen molar-refractivity contribution in [2.24, 2.45) is 5.92 Å². The van der Waals surface area contributed by atoms with E-state index in [4.69, 9.17) is 4.74 Å². The summed E-state index contributed by atoms with van der Waals surface area (Å²) in [5.41, 5.74) is 1.35. The normalized spacial score (nSPS) is 20.5. The summed E-state index contributed by atoms with van der Waals surface area (Å²) < 4.78 is 6.57. The van der Waals surface area contributed by atoms with Gasteiger partial charge in [0.1, 0.15) is 5.75 Å². The first-order chi connectivity index (χ1) is 14.1.